The van der Waals surface area contributed by atoms with Crippen LogP contribution >= 0.6 is 34.9 Å². The monoisotopic (exact) mass is 536 g/mol. The van der Waals surface area contributed by atoms with Gasteiger partial charge in [-0.2, -0.15) is 0 Å². The minimum atomic E-state index is -1.15. The van der Waals surface area contributed by atoms with Gasteiger partial charge in [-0.15, -0.1) is 22.0 Å². The molecule has 4 heterocycles. The quantitative estimate of drug-likeness (QED) is 0.0928. The molecular formula is C19H20N8O5S3. The molecule has 0 saturated carbocycles. The Morgan fingerprint density at radius 3 is 3.03 bits per heavy atom. The third kappa shape index (κ3) is 5.23. The molecule has 0 spiro atoms. The molecule has 2 fully saturated rings. The molecule has 0 bridgehead atoms. The van der Waals surface area contributed by atoms with Crippen molar-refractivity contribution in [1.82, 2.24) is 30.4 Å². The molecular weight excluding hydrogens is 516 g/mol. The van der Waals surface area contributed by atoms with Crippen molar-refractivity contribution >= 4 is 64.2 Å². The van der Waals surface area contributed by atoms with Crippen molar-refractivity contribution in [2.45, 2.75) is 15.8 Å². The van der Waals surface area contributed by atoms with Gasteiger partial charge in [-0.25, -0.2) is 9.97 Å². The van der Waals surface area contributed by atoms with Crippen molar-refractivity contribution in [3.05, 3.63) is 36.3 Å². The van der Waals surface area contributed by atoms with Crippen LogP contribution in [0.3, 0.4) is 0 Å². The highest BCUT2D eigenvalue weighted by Gasteiger charge is 2.57. The summed E-state index contributed by atoms with van der Waals surface area (Å²) in [5.41, 5.74) is 5.86. The number of oxime groups is 1. The van der Waals surface area contributed by atoms with Crippen molar-refractivity contribution in [3.63, 3.8) is 0 Å². The van der Waals surface area contributed by atoms with Gasteiger partial charge < -0.3 is 25.9 Å². The van der Waals surface area contributed by atoms with Gasteiger partial charge in [0.2, 0.25) is 11.6 Å². The number of rotatable bonds is 10. The zero-order valence-electron chi connectivity index (χ0n) is 18.1. The highest BCUT2D eigenvalue weighted by Crippen LogP contribution is 2.44. The summed E-state index contributed by atoms with van der Waals surface area (Å²) in [6, 6.07) is 0.592. The van der Waals surface area contributed by atoms with E-state index in [0.717, 1.165) is 0 Å². The van der Waals surface area contributed by atoms with E-state index in [1.807, 2.05) is 0 Å². The lowest BCUT2D eigenvalue weighted by Gasteiger charge is -2.53. The number of thioether (sulfide) groups is 2. The zero-order chi connectivity index (χ0) is 25.0. The number of nitrogen functional groups attached to an aromatic ring is 1. The van der Waals surface area contributed by atoms with Crippen molar-refractivity contribution in [2.24, 2.45) is 10.6 Å². The summed E-state index contributed by atoms with van der Waals surface area (Å²) < 4.78 is 0.659. The van der Waals surface area contributed by atoms with Crippen LogP contribution in [0.1, 0.15) is 5.82 Å². The number of amides is 2. The van der Waals surface area contributed by atoms with E-state index in [9.17, 15) is 19.5 Å². The molecule has 35 heavy (non-hydrogen) atoms. The van der Waals surface area contributed by atoms with Crippen LogP contribution in [0.4, 0.5) is 5.82 Å². The van der Waals surface area contributed by atoms with E-state index < -0.39 is 28.7 Å². The zero-order valence-corrected chi connectivity index (χ0v) is 20.5. The first-order valence-corrected chi connectivity index (χ1v) is 13.0. The molecule has 0 radical (unpaired) electrons. The largest absolute Gasteiger partial charge is 0.481 e. The average molecular weight is 537 g/mol. The Labute approximate surface area is 211 Å². The number of aromatic nitrogens is 4. The number of anilines is 1. The van der Waals surface area contributed by atoms with Crippen LogP contribution in [0.15, 0.2) is 39.9 Å². The number of nitrogens with one attached hydrogen (secondary N) is 1. The first-order valence-electron chi connectivity index (χ1n) is 10.1. The van der Waals surface area contributed by atoms with E-state index in [2.05, 4.69) is 37.2 Å². The van der Waals surface area contributed by atoms with Crippen LogP contribution in [-0.4, -0.2) is 89.7 Å². The maximum Gasteiger partial charge on any atom is 0.313 e. The first-order chi connectivity index (χ1) is 16.8. The van der Waals surface area contributed by atoms with Crippen LogP contribution < -0.4 is 11.1 Å². The molecule has 2 aromatic rings. The van der Waals surface area contributed by atoms with E-state index in [0.29, 0.717) is 4.34 Å². The summed E-state index contributed by atoms with van der Waals surface area (Å²) in [5.74, 6) is -1.54. The summed E-state index contributed by atoms with van der Waals surface area (Å²) in [5, 5.41) is 23.6. The van der Waals surface area contributed by atoms with E-state index >= 15 is 0 Å². The number of hydrogen-bond acceptors (Lipinski definition) is 13. The fourth-order valence-corrected chi connectivity index (χ4v) is 6.72. The number of carboxylic acid groups (broad SMARTS) is 1. The van der Waals surface area contributed by atoms with Crippen molar-refractivity contribution in [3.8, 4) is 0 Å². The Kier molecular flexibility index (Phi) is 7.51. The second kappa shape index (κ2) is 10.6. The molecule has 0 aliphatic carbocycles. The minimum absolute atomic E-state index is 0.0265. The molecule has 184 valence electrons. The number of carbonyl (C=O) groups is 3. The Hall–Kier alpha value is -3.24. The Morgan fingerprint density at radius 2 is 2.34 bits per heavy atom. The topological polar surface area (TPSA) is 186 Å². The number of hydrogen-bond donors (Lipinski definition) is 3. The highest BCUT2D eigenvalue weighted by atomic mass is 32.2. The second-order valence-corrected chi connectivity index (χ2v) is 10.7. The van der Waals surface area contributed by atoms with Gasteiger partial charge in [0, 0.05) is 24.2 Å². The summed E-state index contributed by atoms with van der Waals surface area (Å²) in [4.78, 5) is 52.5. The summed E-state index contributed by atoms with van der Waals surface area (Å²) >= 11 is 3.92. The molecule has 2 amide bonds. The van der Waals surface area contributed by atoms with Crippen LogP contribution in [0.5, 0.6) is 0 Å². The van der Waals surface area contributed by atoms with Crippen LogP contribution in [-0.2, 0) is 19.2 Å². The second-order valence-electron chi connectivity index (χ2n) is 7.53. The Morgan fingerprint density at radius 1 is 1.51 bits per heavy atom. The normalized spacial score (nSPS) is 23.7. The lowest BCUT2D eigenvalue weighted by Crippen LogP contribution is -2.74. The van der Waals surface area contributed by atoms with Crippen molar-refractivity contribution in [1.29, 1.82) is 0 Å². The van der Waals surface area contributed by atoms with E-state index in [-0.39, 0.29) is 47.9 Å². The molecule has 13 nitrogen and oxygen atoms in total. The molecule has 2 aliphatic heterocycles. The minimum Gasteiger partial charge on any atom is -0.481 e. The number of carboxylic acids is 1. The number of carbonyl (C=O) groups excluding carboxylic acids is 2. The summed E-state index contributed by atoms with van der Waals surface area (Å²) in [6.07, 6.45) is 2.82. The van der Waals surface area contributed by atoms with Gasteiger partial charge in [0.05, 0.1) is 0 Å². The van der Waals surface area contributed by atoms with E-state index in [1.54, 1.807) is 5.51 Å². The standard InChI is InChI=1S/C19H20N8O5S3/c1-2-5-32-26-11(13-21-4-3-10(20)23-13)14(28)24-12-15(29)27-6-19(17(30)31,7-33-16(12)27)8-34-18-25-22-9-35-18/h2-4,9,12,16H,1,5-8H2,(H,24,28)(H,30,31)(H2,20,21,23)/t12?,16-,19?/m1/s1. The third-order valence-electron chi connectivity index (χ3n) is 5.15. The van der Waals surface area contributed by atoms with Gasteiger partial charge in [-0.05, 0) is 6.07 Å². The number of aliphatic carboxylic acids is 1. The molecule has 3 atom stereocenters. The SMILES string of the molecule is C=CCON=C(C(=O)NC1C(=O)N2CC(CSc3nncs3)(C(=O)O)CS[C@H]12)c1nccc(N)n1. The van der Waals surface area contributed by atoms with Crippen LogP contribution in [0.25, 0.3) is 0 Å². The van der Waals surface area contributed by atoms with Crippen molar-refractivity contribution in [2.75, 3.05) is 30.4 Å². The molecule has 4 rings (SSSR count). The third-order valence-corrected chi connectivity index (χ3v) is 8.89. The fourth-order valence-electron chi connectivity index (χ4n) is 3.37. The van der Waals surface area contributed by atoms with Crippen molar-refractivity contribution < 1.29 is 24.3 Å². The highest BCUT2D eigenvalue weighted by molar-refractivity contribution is 8.01. The van der Waals surface area contributed by atoms with Gasteiger partial charge in [-0.3, -0.25) is 14.4 Å². The maximum absolute atomic E-state index is 13.0. The number of β-lactam (4-membered cyclic amide) rings is 1. The molecule has 2 unspecified atom stereocenters. The van der Waals surface area contributed by atoms with Gasteiger partial charge in [0.15, 0.2) is 10.2 Å². The average Bonchev–Trinajstić information content (AvgIpc) is 3.37. The van der Waals surface area contributed by atoms with Gasteiger partial charge >= 0.3 is 5.97 Å². The predicted octanol–water partition coefficient (Wildman–Crippen LogP) is 0.0802. The maximum atomic E-state index is 13.0. The number of fused-ring (bicyclic) bond motifs is 1. The lowest BCUT2D eigenvalue weighted by atomic mass is 9.89. The van der Waals surface area contributed by atoms with Crippen LogP contribution in [0.2, 0.25) is 0 Å². The van der Waals surface area contributed by atoms with E-state index in [1.165, 1.54) is 58.1 Å². The molecule has 2 aliphatic rings. The Bertz CT molecular complexity index is 1160. The molecule has 2 saturated heterocycles. The van der Waals surface area contributed by atoms with Gasteiger partial charge in [0.25, 0.3) is 5.91 Å². The molecule has 2 aromatic heterocycles. The molecule has 0 aromatic carbocycles. The number of nitrogens with zero attached hydrogens (tertiary/aromatic N) is 6. The fraction of sp³-hybridized carbons (Fsp3) is 0.368. The predicted molar refractivity (Wildman–Crippen MR) is 130 cm³/mol. The molecule has 4 N–H and O–H groups in total. The van der Waals surface area contributed by atoms with Gasteiger partial charge in [0.1, 0.15) is 34.8 Å². The number of nitrogens with two attached hydrogens (primary N) is 1. The smallest absolute Gasteiger partial charge is 0.313 e. The van der Waals surface area contributed by atoms with Gasteiger partial charge in [-0.1, -0.05) is 40.9 Å². The van der Waals surface area contributed by atoms with Crippen LogP contribution in [0, 0.1) is 5.41 Å². The lowest BCUT2D eigenvalue weighted by molar-refractivity contribution is -0.157. The molecule has 16 heteroatoms. The summed E-state index contributed by atoms with van der Waals surface area (Å²) in [7, 11) is 0. The summed E-state index contributed by atoms with van der Waals surface area (Å²) in [6.45, 7) is 3.59. The first kappa shape index (κ1) is 24.9. The van der Waals surface area contributed by atoms with E-state index in [4.69, 9.17) is 10.6 Å². The Balaban J connectivity index is 1.44.